The number of rotatable bonds is 4. The summed E-state index contributed by atoms with van der Waals surface area (Å²) < 4.78 is 0. The van der Waals surface area contributed by atoms with Crippen molar-refractivity contribution >= 4 is 21.8 Å². The molecule has 3 nitrogen and oxygen atoms in total. The highest BCUT2D eigenvalue weighted by molar-refractivity contribution is 9.09. The van der Waals surface area contributed by atoms with Crippen molar-refractivity contribution in [2.45, 2.75) is 45.1 Å². The molecule has 0 atom stereocenters. The van der Waals surface area contributed by atoms with Crippen LogP contribution in [-0.2, 0) is 0 Å². The number of aryl methyl sites for hydroxylation is 1. The predicted molar refractivity (Wildman–Crippen MR) is 80.7 cm³/mol. The van der Waals surface area contributed by atoms with Crippen LogP contribution < -0.4 is 0 Å². The van der Waals surface area contributed by atoms with Crippen molar-refractivity contribution in [1.29, 1.82) is 0 Å². The average molecular weight is 325 g/mol. The van der Waals surface area contributed by atoms with Crippen LogP contribution in [-0.4, -0.2) is 33.7 Å². The maximum absolute atomic E-state index is 12.7. The van der Waals surface area contributed by atoms with Crippen LogP contribution in [0.15, 0.2) is 18.3 Å². The van der Waals surface area contributed by atoms with E-state index in [4.69, 9.17) is 0 Å². The van der Waals surface area contributed by atoms with Crippen LogP contribution in [0.25, 0.3) is 0 Å². The van der Waals surface area contributed by atoms with E-state index < -0.39 is 0 Å². The summed E-state index contributed by atoms with van der Waals surface area (Å²) >= 11 is 3.47. The molecule has 0 aliphatic heterocycles. The molecule has 1 aromatic rings. The molecule has 2 rings (SSSR count). The maximum atomic E-state index is 12.7. The van der Waals surface area contributed by atoms with Crippen molar-refractivity contribution in [1.82, 2.24) is 9.88 Å². The van der Waals surface area contributed by atoms with Gasteiger partial charge in [0.1, 0.15) is 0 Å². The Balaban J connectivity index is 2.15. The van der Waals surface area contributed by atoms with Crippen molar-refractivity contribution < 1.29 is 4.79 Å². The van der Waals surface area contributed by atoms with E-state index in [1.165, 1.54) is 19.3 Å². The van der Waals surface area contributed by atoms with Gasteiger partial charge in [-0.3, -0.25) is 9.78 Å². The zero-order valence-electron chi connectivity index (χ0n) is 11.4. The van der Waals surface area contributed by atoms with Gasteiger partial charge in [-0.1, -0.05) is 35.2 Å². The number of carbonyl (C=O) groups excluding carboxylic acids is 1. The average Bonchev–Trinajstić information content (AvgIpc) is 2.45. The molecule has 0 aromatic carbocycles. The highest BCUT2D eigenvalue weighted by atomic mass is 79.9. The molecular weight excluding hydrogens is 304 g/mol. The van der Waals surface area contributed by atoms with Gasteiger partial charge in [-0.2, -0.15) is 0 Å². The number of pyridine rings is 1. The van der Waals surface area contributed by atoms with Crippen molar-refractivity contribution in [3.63, 3.8) is 0 Å². The molecule has 1 aliphatic rings. The van der Waals surface area contributed by atoms with Crippen LogP contribution in [0.2, 0.25) is 0 Å². The summed E-state index contributed by atoms with van der Waals surface area (Å²) in [7, 11) is 0. The molecule has 0 bridgehead atoms. The van der Waals surface area contributed by atoms with E-state index in [-0.39, 0.29) is 5.91 Å². The lowest BCUT2D eigenvalue weighted by Crippen LogP contribution is -2.42. The zero-order chi connectivity index (χ0) is 13.7. The van der Waals surface area contributed by atoms with Crippen LogP contribution >= 0.6 is 15.9 Å². The lowest BCUT2D eigenvalue weighted by molar-refractivity contribution is 0.0651. The van der Waals surface area contributed by atoms with Crippen molar-refractivity contribution in [2.24, 2.45) is 0 Å². The minimum atomic E-state index is 0.150. The summed E-state index contributed by atoms with van der Waals surface area (Å²) in [5, 5.41) is 0.833. The van der Waals surface area contributed by atoms with Gasteiger partial charge >= 0.3 is 0 Å². The summed E-state index contributed by atoms with van der Waals surface area (Å²) in [6.45, 7) is 2.71. The van der Waals surface area contributed by atoms with Crippen LogP contribution in [0.5, 0.6) is 0 Å². The van der Waals surface area contributed by atoms with E-state index >= 15 is 0 Å². The molecular formula is C15H21BrN2O. The Morgan fingerprint density at radius 3 is 2.79 bits per heavy atom. The smallest absolute Gasteiger partial charge is 0.254 e. The highest BCUT2D eigenvalue weighted by Crippen LogP contribution is 2.24. The Bertz CT molecular complexity index is 430. The molecule has 1 heterocycles. The van der Waals surface area contributed by atoms with Gasteiger partial charge in [0.2, 0.25) is 0 Å². The Morgan fingerprint density at radius 2 is 2.16 bits per heavy atom. The molecule has 19 heavy (non-hydrogen) atoms. The molecule has 0 unspecified atom stereocenters. The molecule has 1 saturated carbocycles. The molecule has 1 fully saturated rings. The van der Waals surface area contributed by atoms with Crippen molar-refractivity contribution in [2.75, 3.05) is 11.9 Å². The summed E-state index contributed by atoms with van der Waals surface area (Å²) in [6, 6.07) is 4.11. The Hall–Kier alpha value is -0.900. The molecule has 0 radical (unpaired) electrons. The topological polar surface area (TPSA) is 33.2 Å². The lowest BCUT2D eigenvalue weighted by Gasteiger charge is -2.34. The van der Waals surface area contributed by atoms with Gasteiger partial charge in [-0.15, -0.1) is 0 Å². The third-order valence-electron chi connectivity index (χ3n) is 3.75. The minimum Gasteiger partial charge on any atom is -0.335 e. The number of aromatic nitrogens is 1. The quantitative estimate of drug-likeness (QED) is 0.793. The second-order valence-corrected chi connectivity index (χ2v) is 5.96. The Morgan fingerprint density at radius 1 is 1.42 bits per heavy atom. The van der Waals surface area contributed by atoms with E-state index in [2.05, 4.69) is 20.9 Å². The highest BCUT2D eigenvalue weighted by Gasteiger charge is 2.25. The van der Waals surface area contributed by atoms with E-state index in [1.54, 1.807) is 6.20 Å². The molecule has 0 N–H and O–H groups in total. The number of hydrogen-bond acceptors (Lipinski definition) is 2. The van der Waals surface area contributed by atoms with E-state index in [0.29, 0.717) is 6.04 Å². The Labute approximate surface area is 123 Å². The van der Waals surface area contributed by atoms with Crippen LogP contribution in [0.1, 0.15) is 48.2 Å². The molecule has 1 aromatic heterocycles. The molecule has 1 aliphatic carbocycles. The van der Waals surface area contributed by atoms with Gasteiger partial charge < -0.3 is 4.90 Å². The van der Waals surface area contributed by atoms with Crippen molar-refractivity contribution in [3.05, 3.63) is 29.6 Å². The fraction of sp³-hybridized carbons (Fsp3) is 0.600. The first-order valence-corrected chi connectivity index (χ1v) is 8.14. The zero-order valence-corrected chi connectivity index (χ0v) is 13.0. The Kier molecular flexibility index (Phi) is 5.37. The van der Waals surface area contributed by atoms with Gasteiger partial charge in [0.05, 0.1) is 0 Å². The monoisotopic (exact) mass is 324 g/mol. The van der Waals surface area contributed by atoms with Crippen molar-refractivity contribution in [3.8, 4) is 0 Å². The van der Waals surface area contributed by atoms with E-state index in [0.717, 1.165) is 36.0 Å². The summed E-state index contributed by atoms with van der Waals surface area (Å²) in [4.78, 5) is 18.9. The third-order valence-corrected chi connectivity index (χ3v) is 4.10. The number of nitrogens with zero attached hydrogens (tertiary/aromatic N) is 2. The fourth-order valence-corrected chi connectivity index (χ4v) is 3.16. The minimum absolute atomic E-state index is 0.150. The SMILES string of the molecule is Cc1cc(C(=O)N(CCBr)C2CCCCC2)ccn1. The van der Waals surface area contributed by atoms with E-state index in [9.17, 15) is 4.79 Å². The lowest BCUT2D eigenvalue weighted by atomic mass is 9.93. The van der Waals surface area contributed by atoms with Gasteiger partial charge in [0.15, 0.2) is 0 Å². The first kappa shape index (κ1) is 14.5. The van der Waals surface area contributed by atoms with Gasteiger partial charge in [-0.05, 0) is 31.9 Å². The second kappa shape index (κ2) is 7.04. The number of alkyl halides is 1. The number of amides is 1. The summed E-state index contributed by atoms with van der Waals surface area (Å²) in [5.74, 6) is 0.150. The van der Waals surface area contributed by atoms with Gasteiger partial charge in [0, 0.05) is 35.4 Å². The molecule has 104 valence electrons. The molecule has 0 saturated heterocycles. The predicted octanol–water partition coefficient (Wildman–Crippen LogP) is 3.56. The van der Waals surface area contributed by atoms with Gasteiger partial charge in [-0.25, -0.2) is 0 Å². The third kappa shape index (κ3) is 3.78. The molecule has 0 spiro atoms. The summed E-state index contributed by atoms with van der Waals surface area (Å²) in [6.07, 6.45) is 7.79. The maximum Gasteiger partial charge on any atom is 0.254 e. The molecule has 4 heteroatoms. The van der Waals surface area contributed by atoms with Crippen LogP contribution in [0.4, 0.5) is 0 Å². The fourth-order valence-electron chi connectivity index (χ4n) is 2.78. The number of carbonyl (C=O) groups is 1. The first-order chi connectivity index (χ1) is 9.22. The van der Waals surface area contributed by atoms with E-state index in [1.807, 2.05) is 24.0 Å². The normalized spacial score (nSPS) is 16.3. The number of hydrogen-bond donors (Lipinski definition) is 0. The molecule has 1 amide bonds. The van der Waals surface area contributed by atoms with Crippen LogP contribution in [0.3, 0.4) is 0 Å². The standard InChI is InChI=1S/C15H21BrN2O/c1-12-11-13(7-9-17-12)15(19)18(10-8-16)14-5-3-2-4-6-14/h7,9,11,14H,2-6,8,10H2,1H3. The number of halogens is 1. The largest absolute Gasteiger partial charge is 0.335 e. The van der Waals surface area contributed by atoms with Gasteiger partial charge in [0.25, 0.3) is 5.91 Å². The van der Waals surface area contributed by atoms with Crippen LogP contribution in [0, 0.1) is 6.92 Å². The summed E-state index contributed by atoms with van der Waals surface area (Å²) in [5.41, 5.74) is 1.66. The second-order valence-electron chi connectivity index (χ2n) is 5.17. The first-order valence-electron chi connectivity index (χ1n) is 7.02.